The summed E-state index contributed by atoms with van der Waals surface area (Å²) < 4.78 is 27.0. The van der Waals surface area contributed by atoms with E-state index in [1.807, 2.05) is 0 Å². The molecule has 2 aromatic rings. The van der Waals surface area contributed by atoms with Crippen LogP contribution >= 0.6 is 11.3 Å². The highest BCUT2D eigenvalue weighted by atomic mass is 32.2. The smallest absolute Gasteiger partial charge is 0.326 e. The van der Waals surface area contributed by atoms with Gasteiger partial charge in [-0.25, -0.2) is 13.4 Å². The van der Waals surface area contributed by atoms with Gasteiger partial charge in [0.05, 0.1) is 10.7 Å². The maximum atomic E-state index is 12.4. The molecule has 0 radical (unpaired) electrons. The first-order valence-corrected chi connectivity index (χ1v) is 8.35. The van der Waals surface area contributed by atoms with Crippen LogP contribution in [0, 0.1) is 13.8 Å². The van der Waals surface area contributed by atoms with Gasteiger partial charge in [0.2, 0.25) is 0 Å². The standard InChI is InChI=1S/C13H14N2O4S2/c1-8-13(20-9(2)14-8)21(18,19)15-11(12(16)17)10-6-4-3-5-7-10/h3-7,11,15H,1-2H3,(H,16,17). The number of hydrogen-bond acceptors (Lipinski definition) is 5. The van der Waals surface area contributed by atoms with E-state index in [-0.39, 0.29) is 4.21 Å². The van der Waals surface area contributed by atoms with Gasteiger partial charge in [0.1, 0.15) is 6.04 Å². The molecule has 1 unspecified atom stereocenters. The molecule has 21 heavy (non-hydrogen) atoms. The zero-order valence-electron chi connectivity index (χ0n) is 11.4. The van der Waals surface area contributed by atoms with Crippen LogP contribution in [0.1, 0.15) is 22.3 Å². The van der Waals surface area contributed by atoms with E-state index in [9.17, 15) is 18.3 Å². The monoisotopic (exact) mass is 326 g/mol. The van der Waals surface area contributed by atoms with Crippen LogP contribution in [0.5, 0.6) is 0 Å². The van der Waals surface area contributed by atoms with Gasteiger partial charge in [-0.2, -0.15) is 4.72 Å². The fourth-order valence-corrected chi connectivity index (χ4v) is 4.56. The number of carboxylic acids is 1. The third-order valence-electron chi connectivity index (χ3n) is 2.76. The highest BCUT2D eigenvalue weighted by Gasteiger charge is 2.29. The van der Waals surface area contributed by atoms with Crippen molar-refractivity contribution in [1.29, 1.82) is 0 Å². The number of thiazole rings is 1. The van der Waals surface area contributed by atoms with Crippen molar-refractivity contribution in [1.82, 2.24) is 9.71 Å². The Hall–Kier alpha value is -1.77. The number of sulfonamides is 1. The minimum Gasteiger partial charge on any atom is -0.480 e. The molecule has 8 heteroatoms. The van der Waals surface area contributed by atoms with Gasteiger partial charge in [0.25, 0.3) is 10.0 Å². The number of nitrogens with zero attached hydrogens (tertiary/aromatic N) is 1. The van der Waals surface area contributed by atoms with Gasteiger partial charge in [-0.1, -0.05) is 30.3 Å². The molecule has 0 aliphatic heterocycles. The van der Waals surface area contributed by atoms with Crippen molar-refractivity contribution in [2.75, 3.05) is 0 Å². The molecule has 1 aromatic carbocycles. The third kappa shape index (κ3) is 3.46. The van der Waals surface area contributed by atoms with Crippen molar-refractivity contribution in [2.24, 2.45) is 0 Å². The number of benzene rings is 1. The summed E-state index contributed by atoms with van der Waals surface area (Å²) in [5.41, 5.74) is 0.731. The average molecular weight is 326 g/mol. The van der Waals surface area contributed by atoms with Crippen LogP contribution in [0.25, 0.3) is 0 Å². The SMILES string of the molecule is Cc1nc(C)c(S(=O)(=O)NC(C(=O)O)c2ccccc2)s1. The van der Waals surface area contributed by atoms with Crippen LogP contribution in [0.2, 0.25) is 0 Å². The van der Waals surface area contributed by atoms with Gasteiger partial charge in [-0.15, -0.1) is 11.3 Å². The maximum absolute atomic E-state index is 12.4. The minimum absolute atomic E-state index is 0.0437. The zero-order valence-corrected chi connectivity index (χ0v) is 13.0. The topological polar surface area (TPSA) is 96.4 Å². The summed E-state index contributed by atoms with van der Waals surface area (Å²) in [5.74, 6) is -1.26. The van der Waals surface area contributed by atoms with E-state index < -0.39 is 22.0 Å². The van der Waals surface area contributed by atoms with E-state index in [4.69, 9.17) is 0 Å². The molecule has 0 aliphatic rings. The molecule has 0 saturated heterocycles. The number of carbonyl (C=O) groups is 1. The normalized spacial score (nSPS) is 13.0. The van der Waals surface area contributed by atoms with E-state index in [0.29, 0.717) is 16.3 Å². The quantitative estimate of drug-likeness (QED) is 0.874. The molecule has 1 atom stereocenters. The van der Waals surface area contributed by atoms with Crippen LogP contribution in [0.4, 0.5) is 0 Å². The molecule has 0 fully saturated rings. The van der Waals surface area contributed by atoms with Gasteiger partial charge in [-0.3, -0.25) is 4.79 Å². The summed E-state index contributed by atoms with van der Waals surface area (Å²) in [6, 6.07) is 6.83. The van der Waals surface area contributed by atoms with Crippen LogP contribution in [0.3, 0.4) is 0 Å². The molecule has 112 valence electrons. The molecule has 6 nitrogen and oxygen atoms in total. The predicted molar refractivity (Wildman–Crippen MR) is 78.7 cm³/mol. The highest BCUT2D eigenvalue weighted by molar-refractivity contribution is 7.91. The van der Waals surface area contributed by atoms with Crippen molar-refractivity contribution < 1.29 is 18.3 Å². The van der Waals surface area contributed by atoms with Crippen LogP contribution < -0.4 is 4.72 Å². The second-order valence-electron chi connectivity index (χ2n) is 4.41. The minimum atomic E-state index is -3.94. The predicted octanol–water partition coefficient (Wildman–Crippen LogP) is 1.86. The molecule has 1 heterocycles. The first-order chi connectivity index (χ1) is 9.81. The fraction of sp³-hybridized carbons (Fsp3) is 0.231. The second-order valence-corrected chi connectivity index (χ2v) is 7.52. The Morgan fingerprint density at radius 2 is 1.90 bits per heavy atom. The number of aromatic nitrogens is 1. The number of hydrogen-bond donors (Lipinski definition) is 2. The van der Waals surface area contributed by atoms with Gasteiger partial charge in [0, 0.05) is 0 Å². The van der Waals surface area contributed by atoms with Crippen molar-refractivity contribution in [3.05, 3.63) is 46.6 Å². The molecule has 0 spiro atoms. The first kappa shape index (κ1) is 15.6. The van der Waals surface area contributed by atoms with Crippen molar-refractivity contribution in [2.45, 2.75) is 24.1 Å². The summed E-state index contributed by atoms with van der Waals surface area (Å²) >= 11 is 1.02. The lowest BCUT2D eigenvalue weighted by atomic mass is 10.1. The van der Waals surface area contributed by atoms with E-state index in [2.05, 4.69) is 9.71 Å². The van der Waals surface area contributed by atoms with Crippen molar-refractivity contribution in [3.8, 4) is 0 Å². The molecule has 1 aromatic heterocycles. The van der Waals surface area contributed by atoms with Crippen LogP contribution in [0.15, 0.2) is 34.5 Å². The Labute approximate surface area is 126 Å². The lowest BCUT2D eigenvalue weighted by Gasteiger charge is -2.14. The molecule has 0 amide bonds. The Kier molecular flexibility index (Phi) is 4.40. The number of aliphatic carboxylic acids is 1. The van der Waals surface area contributed by atoms with Crippen LogP contribution in [-0.4, -0.2) is 24.5 Å². The van der Waals surface area contributed by atoms with E-state index in [1.54, 1.807) is 44.2 Å². The Morgan fingerprint density at radius 3 is 2.38 bits per heavy atom. The summed E-state index contributed by atoms with van der Waals surface area (Å²) in [6.45, 7) is 3.28. The van der Waals surface area contributed by atoms with E-state index >= 15 is 0 Å². The molecule has 2 N–H and O–H groups in total. The van der Waals surface area contributed by atoms with Gasteiger partial charge < -0.3 is 5.11 Å². The molecular weight excluding hydrogens is 312 g/mol. The molecule has 2 rings (SSSR count). The van der Waals surface area contributed by atoms with E-state index in [0.717, 1.165) is 11.3 Å². The number of nitrogens with one attached hydrogen (secondary N) is 1. The Morgan fingerprint density at radius 1 is 1.29 bits per heavy atom. The lowest BCUT2D eigenvalue weighted by Crippen LogP contribution is -2.33. The maximum Gasteiger partial charge on any atom is 0.326 e. The molecule has 0 bridgehead atoms. The molecule has 0 saturated carbocycles. The fourth-order valence-electron chi connectivity index (χ4n) is 1.88. The average Bonchev–Trinajstić information content (AvgIpc) is 2.77. The summed E-state index contributed by atoms with van der Waals surface area (Å²) in [7, 11) is -3.94. The number of rotatable bonds is 5. The first-order valence-electron chi connectivity index (χ1n) is 6.05. The van der Waals surface area contributed by atoms with Crippen molar-refractivity contribution in [3.63, 3.8) is 0 Å². The highest BCUT2D eigenvalue weighted by Crippen LogP contribution is 2.25. The zero-order chi connectivity index (χ0) is 15.6. The lowest BCUT2D eigenvalue weighted by molar-refractivity contribution is -0.139. The summed E-state index contributed by atoms with van der Waals surface area (Å²) in [5, 5.41) is 9.88. The van der Waals surface area contributed by atoms with Crippen molar-refractivity contribution >= 4 is 27.3 Å². The third-order valence-corrected chi connectivity index (χ3v) is 5.86. The van der Waals surface area contributed by atoms with Gasteiger partial charge in [-0.05, 0) is 19.4 Å². The Balaban J connectivity index is 2.37. The molecular formula is C13H14N2O4S2. The largest absolute Gasteiger partial charge is 0.480 e. The second kappa shape index (κ2) is 5.92. The summed E-state index contributed by atoms with van der Waals surface area (Å²) in [6.07, 6.45) is 0. The van der Waals surface area contributed by atoms with E-state index in [1.165, 1.54) is 0 Å². The van der Waals surface area contributed by atoms with Gasteiger partial charge in [0.15, 0.2) is 4.21 Å². The van der Waals surface area contributed by atoms with Crippen LogP contribution in [-0.2, 0) is 14.8 Å². The Bertz CT molecular complexity index is 754. The number of aryl methyl sites for hydroxylation is 2. The summed E-state index contributed by atoms with van der Waals surface area (Å²) in [4.78, 5) is 15.4. The molecule has 0 aliphatic carbocycles. The van der Waals surface area contributed by atoms with Gasteiger partial charge >= 0.3 is 5.97 Å². The number of carboxylic acid groups (broad SMARTS) is 1.